The maximum atomic E-state index is 13.5. The minimum atomic E-state index is -4.64. The number of aromatic nitrogens is 2. The van der Waals surface area contributed by atoms with E-state index in [4.69, 9.17) is 0 Å². The molecule has 0 unspecified atom stereocenters. The molecule has 4 rings (SSSR count). The van der Waals surface area contributed by atoms with Crippen LogP contribution >= 0.6 is 0 Å². The van der Waals surface area contributed by atoms with Crippen LogP contribution in [0.2, 0.25) is 0 Å². The molecule has 11 heteroatoms. The highest BCUT2D eigenvalue weighted by molar-refractivity contribution is 5.98. The third-order valence-electron chi connectivity index (χ3n) is 6.33. The summed E-state index contributed by atoms with van der Waals surface area (Å²) in [5.74, 6) is -3.05. The Hall–Kier alpha value is -3.47. The predicted molar refractivity (Wildman–Crippen MR) is 115 cm³/mol. The molecule has 0 aromatic carbocycles. The minimum Gasteiger partial charge on any atom is -0.396 e. The molecule has 2 aromatic rings. The molecule has 2 aliphatic rings. The fourth-order valence-electron chi connectivity index (χ4n) is 4.96. The molecule has 4 atom stereocenters. The number of carbonyl (C=O) groups is 2. The molecule has 0 spiro atoms. The summed E-state index contributed by atoms with van der Waals surface area (Å²) >= 11 is 0. The largest absolute Gasteiger partial charge is 0.405 e. The Bertz CT molecular complexity index is 1180. The van der Waals surface area contributed by atoms with Crippen molar-refractivity contribution in [2.75, 3.05) is 13.2 Å². The first-order chi connectivity index (χ1) is 16.2. The summed E-state index contributed by atoms with van der Waals surface area (Å²) in [6.07, 6.45) is 1.49. The van der Waals surface area contributed by atoms with E-state index in [1.165, 1.54) is 34.0 Å². The van der Waals surface area contributed by atoms with Gasteiger partial charge in [-0.25, -0.2) is 0 Å². The number of likely N-dealkylation sites (tertiary alicyclic amines) is 1. The van der Waals surface area contributed by atoms with Gasteiger partial charge in [0.05, 0.1) is 11.6 Å². The molecule has 2 aliphatic heterocycles. The van der Waals surface area contributed by atoms with Crippen LogP contribution < -0.4 is 10.9 Å². The summed E-state index contributed by atoms with van der Waals surface area (Å²) in [7, 11) is 0. The number of pyridine rings is 2. The average molecular weight is 476 g/mol. The maximum Gasteiger partial charge on any atom is 0.405 e. The quantitative estimate of drug-likeness (QED) is 0.685. The van der Waals surface area contributed by atoms with Crippen LogP contribution in [0.5, 0.6) is 0 Å². The second kappa shape index (κ2) is 9.05. The lowest BCUT2D eigenvalue weighted by Crippen LogP contribution is -2.51. The number of alkyl halides is 3. The van der Waals surface area contributed by atoms with Gasteiger partial charge in [0.25, 0.3) is 11.5 Å². The van der Waals surface area contributed by atoms with E-state index in [1.807, 2.05) is 5.32 Å². The third-order valence-corrected chi connectivity index (χ3v) is 6.33. The lowest BCUT2D eigenvalue weighted by Gasteiger charge is -2.31. The van der Waals surface area contributed by atoms with Gasteiger partial charge in [0.15, 0.2) is 0 Å². The number of aliphatic hydroxyl groups excluding tert-OH is 1. The van der Waals surface area contributed by atoms with Crippen LogP contribution in [0.4, 0.5) is 13.2 Å². The van der Waals surface area contributed by atoms with Gasteiger partial charge in [-0.1, -0.05) is 12.2 Å². The van der Waals surface area contributed by atoms with Crippen molar-refractivity contribution in [3.63, 3.8) is 0 Å². The average Bonchev–Trinajstić information content (AvgIpc) is 3.34. The Morgan fingerprint density at radius 2 is 2.06 bits per heavy atom. The number of aliphatic hydroxyl groups is 1. The number of carbonyl (C=O) groups excluding carboxylic acids is 2. The lowest BCUT2D eigenvalue weighted by molar-refractivity contribution is -0.141. The van der Waals surface area contributed by atoms with Crippen molar-refractivity contribution in [2.24, 2.45) is 11.8 Å². The van der Waals surface area contributed by atoms with E-state index in [1.54, 1.807) is 31.2 Å². The van der Waals surface area contributed by atoms with E-state index in [0.717, 1.165) is 0 Å². The number of nitrogens with one attached hydrogen (secondary N) is 1. The molecule has 0 saturated carbocycles. The minimum absolute atomic E-state index is 0.120. The Balaban J connectivity index is 1.81. The van der Waals surface area contributed by atoms with Crippen LogP contribution in [-0.4, -0.2) is 56.7 Å². The number of nitrogens with zero attached hydrogens (tertiary/aromatic N) is 3. The number of hydrogen-bond donors (Lipinski definition) is 2. The zero-order valence-electron chi connectivity index (χ0n) is 18.2. The van der Waals surface area contributed by atoms with Crippen LogP contribution in [0.25, 0.3) is 6.08 Å². The highest BCUT2D eigenvalue weighted by atomic mass is 19.4. The van der Waals surface area contributed by atoms with Gasteiger partial charge in [-0.05, 0) is 31.2 Å². The van der Waals surface area contributed by atoms with E-state index in [-0.39, 0.29) is 17.7 Å². The fourth-order valence-corrected chi connectivity index (χ4v) is 4.96. The molecule has 2 N–H and O–H groups in total. The number of amides is 2. The highest BCUT2D eigenvalue weighted by Gasteiger charge is 2.57. The predicted octanol–water partition coefficient (Wildman–Crippen LogP) is 1.76. The van der Waals surface area contributed by atoms with Crippen LogP contribution in [0.15, 0.2) is 47.5 Å². The number of hydrogen-bond acceptors (Lipinski definition) is 5. The topological polar surface area (TPSA) is 105 Å². The zero-order chi connectivity index (χ0) is 24.6. The molecule has 1 saturated heterocycles. The Morgan fingerprint density at radius 3 is 2.68 bits per heavy atom. The highest BCUT2D eigenvalue weighted by Crippen LogP contribution is 2.49. The van der Waals surface area contributed by atoms with Crippen LogP contribution in [-0.2, 0) is 11.3 Å². The van der Waals surface area contributed by atoms with Crippen molar-refractivity contribution >= 4 is 17.9 Å². The molecular formula is C23H23F3N4O4. The lowest BCUT2D eigenvalue weighted by atomic mass is 9.88. The van der Waals surface area contributed by atoms with E-state index in [2.05, 4.69) is 4.98 Å². The van der Waals surface area contributed by atoms with Crippen molar-refractivity contribution in [1.29, 1.82) is 0 Å². The van der Waals surface area contributed by atoms with Crippen molar-refractivity contribution in [3.8, 4) is 0 Å². The number of halogens is 3. The SMILES string of the molecule is C/C=C\c1ccc2n(c1=O)C[C@H]1[C@H](CO)[C@@H](C(=O)NCC(F)(F)F)N(C(=O)c3cccnc3)[C@@H]21. The summed E-state index contributed by atoms with van der Waals surface area (Å²) < 4.78 is 39.8. The first-order valence-electron chi connectivity index (χ1n) is 10.7. The Labute approximate surface area is 192 Å². The molecule has 34 heavy (non-hydrogen) atoms. The fraction of sp³-hybridized carbons (Fsp3) is 0.391. The first-order valence-corrected chi connectivity index (χ1v) is 10.7. The molecule has 2 aromatic heterocycles. The maximum absolute atomic E-state index is 13.5. The van der Waals surface area contributed by atoms with Gasteiger partial charge in [-0.15, -0.1) is 0 Å². The van der Waals surface area contributed by atoms with Gasteiger partial charge in [-0.2, -0.15) is 13.2 Å². The monoisotopic (exact) mass is 476 g/mol. The van der Waals surface area contributed by atoms with Crippen molar-refractivity contribution in [1.82, 2.24) is 19.8 Å². The first kappa shape index (κ1) is 23.7. The van der Waals surface area contributed by atoms with Gasteiger partial charge >= 0.3 is 6.18 Å². The number of fused-ring (bicyclic) bond motifs is 3. The summed E-state index contributed by atoms with van der Waals surface area (Å²) in [6, 6.07) is 4.16. The summed E-state index contributed by atoms with van der Waals surface area (Å²) in [5.41, 5.74) is 0.759. The molecule has 4 heterocycles. The van der Waals surface area contributed by atoms with Gasteiger partial charge in [0.2, 0.25) is 5.91 Å². The van der Waals surface area contributed by atoms with E-state index >= 15 is 0 Å². The number of rotatable bonds is 5. The van der Waals surface area contributed by atoms with Gasteiger partial charge in [0.1, 0.15) is 12.6 Å². The molecule has 2 amide bonds. The van der Waals surface area contributed by atoms with E-state index in [9.17, 15) is 32.7 Å². The smallest absolute Gasteiger partial charge is 0.396 e. The molecule has 180 valence electrons. The van der Waals surface area contributed by atoms with E-state index in [0.29, 0.717) is 11.3 Å². The molecule has 8 nitrogen and oxygen atoms in total. The van der Waals surface area contributed by atoms with Gasteiger partial charge in [-0.3, -0.25) is 19.4 Å². The van der Waals surface area contributed by atoms with E-state index < -0.39 is 55.1 Å². The Kier molecular flexibility index (Phi) is 6.30. The second-order valence-electron chi connectivity index (χ2n) is 8.32. The molecule has 0 radical (unpaired) electrons. The number of allylic oxidation sites excluding steroid dienone is 1. The summed E-state index contributed by atoms with van der Waals surface area (Å²) in [5, 5.41) is 12.0. The molecular weight excluding hydrogens is 453 g/mol. The third kappa shape index (κ3) is 4.11. The van der Waals surface area contributed by atoms with Crippen LogP contribution in [0.3, 0.4) is 0 Å². The van der Waals surface area contributed by atoms with Crippen LogP contribution in [0.1, 0.15) is 34.6 Å². The molecule has 0 bridgehead atoms. The summed E-state index contributed by atoms with van der Waals surface area (Å²) in [4.78, 5) is 44.6. The molecule has 1 fully saturated rings. The normalized spacial score (nSPS) is 23.7. The standard InChI is InChI=1S/C23H23F3N4O4/c1-2-4-13-6-7-17-18-15(10-29(17)21(13)33)16(11-31)19(20(32)28-12-23(24,25)26)30(18)22(34)14-5-3-8-27-9-14/h2-9,15-16,18-19,31H,10-12H2,1H3,(H,28,32)/b4-2-/t15-,16-,18+,19-/m0/s1. The van der Waals surface area contributed by atoms with Gasteiger partial charge in [0, 0.05) is 48.6 Å². The molecule has 0 aliphatic carbocycles. The van der Waals surface area contributed by atoms with Crippen molar-refractivity contribution in [2.45, 2.75) is 31.7 Å². The second-order valence-corrected chi connectivity index (χ2v) is 8.32. The zero-order valence-corrected chi connectivity index (χ0v) is 18.2. The summed E-state index contributed by atoms with van der Waals surface area (Å²) in [6.45, 7) is -0.221. The van der Waals surface area contributed by atoms with Gasteiger partial charge < -0.3 is 19.9 Å². The van der Waals surface area contributed by atoms with Crippen molar-refractivity contribution < 1.29 is 27.9 Å². The van der Waals surface area contributed by atoms with Crippen LogP contribution in [0, 0.1) is 11.8 Å². The Morgan fingerprint density at radius 1 is 1.29 bits per heavy atom. The van der Waals surface area contributed by atoms with Crippen molar-refractivity contribution in [3.05, 3.63) is 69.9 Å².